The maximum absolute atomic E-state index is 12.8. The van der Waals surface area contributed by atoms with Gasteiger partial charge in [-0.05, 0) is 23.6 Å². The van der Waals surface area contributed by atoms with Crippen molar-refractivity contribution in [3.8, 4) is 0 Å². The van der Waals surface area contributed by atoms with Crippen molar-refractivity contribution in [1.29, 1.82) is 0 Å². The molecule has 2 aromatic carbocycles. The van der Waals surface area contributed by atoms with E-state index in [2.05, 4.69) is 12.1 Å². The minimum Gasteiger partial charge on any atom is -0.391 e. The molecule has 22 heavy (non-hydrogen) atoms. The molecule has 0 aliphatic carbocycles. The van der Waals surface area contributed by atoms with Gasteiger partial charge in [-0.2, -0.15) is 13.2 Å². The fourth-order valence-electron chi connectivity index (χ4n) is 1.94. The summed E-state index contributed by atoms with van der Waals surface area (Å²) in [6.07, 6.45) is -2.37. The maximum atomic E-state index is 12.8. The van der Waals surface area contributed by atoms with Crippen LogP contribution in [0.4, 0.5) is 13.2 Å². The van der Waals surface area contributed by atoms with E-state index in [0.717, 1.165) is 24.3 Å². The Morgan fingerprint density at radius 2 is 1.64 bits per heavy atom. The summed E-state index contributed by atoms with van der Waals surface area (Å²) in [5.41, 5.74) is 1.38. The summed E-state index contributed by atoms with van der Waals surface area (Å²) >= 11 is 0. The molecule has 0 spiro atoms. The first-order chi connectivity index (χ1) is 10.5. The number of alkyl halides is 3. The topological polar surface area (TPSA) is 21.6 Å². The summed E-state index contributed by atoms with van der Waals surface area (Å²) in [6, 6.07) is 13.0. The molecule has 0 atom stereocenters. The highest BCUT2D eigenvalue weighted by atomic mass is 19.4. The van der Waals surface area contributed by atoms with Gasteiger partial charge in [0.05, 0.1) is 11.8 Å². The van der Waals surface area contributed by atoms with Gasteiger partial charge in [-0.1, -0.05) is 54.5 Å². The highest BCUT2D eigenvalue weighted by Crippen LogP contribution is 2.31. The Balaban J connectivity index is 1.98. The molecule has 0 amide bonds. The summed E-state index contributed by atoms with van der Waals surface area (Å²) < 4.78 is 38.4. The second-order valence-corrected chi connectivity index (χ2v) is 4.76. The number of aryl methyl sites for hydroxylation is 1. The van der Waals surface area contributed by atoms with Gasteiger partial charge in [-0.15, -0.1) is 0 Å². The van der Waals surface area contributed by atoms with E-state index in [-0.39, 0.29) is 12.2 Å². The van der Waals surface area contributed by atoms with Crippen LogP contribution in [0.3, 0.4) is 0 Å². The molecule has 0 unspecified atom stereocenters. The molecule has 0 saturated heterocycles. The van der Waals surface area contributed by atoms with Gasteiger partial charge in [0, 0.05) is 5.56 Å². The van der Waals surface area contributed by atoms with Crippen LogP contribution >= 0.6 is 0 Å². The first-order valence-electron chi connectivity index (χ1n) is 6.90. The van der Waals surface area contributed by atoms with E-state index in [9.17, 15) is 13.2 Å². The van der Waals surface area contributed by atoms with Crippen LogP contribution in [0.5, 0.6) is 0 Å². The lowest BCUT2D eigenvalue weighted by atomic mass is 10.1. The molecular weight excluding hydrogens is 291 g/mol. The fraction of sp³-hybridized carbons (Fsp3) is 0.235. The average molecular weight is 307 g/mol. The summed E-state index contributed by atoms with van der Waals surface area (Å²) in [6.45, 7) is 2.28. The molecule has 0 radical (unpaired) electrons. The number of hydrogen-bond acceptors (Lipinski definition) is 2. The smallest absolute Gasteiger partial charge is 0.391 e. The number of rotatable bonds is 5. The molecule has 0 saturated carbocycles. The van der Waals surface area contributed by atoms with Gasteiger partial charge in [0.25, 0.3) is 0 Å². The van der Waals surface area contributed by atoms with E-state index in [1.165, 1.54) is 23.8 Å². The SMILES string of the molecule is CCc1ccc(CON=Cc2ccccc2C(F)(F)F)cc1. The number of nitrogens with zero attached hydrogens (tertiary/aromatic N) is 1. The van der Waals surface area contributed by atoms with Gasteiger partial charge in [0.15, 0.2) is 0 Å². The van der Waals surface area contributed by atoms with E-state index < -0.39 is 11.7 Å². The number of oxime groups is 1. The molecule has 0 aliphatic heterocycles. The van der Waals surface area contributed by atoms with Crippen molar-refractivity contribution in [2.75, 3.05) is 0 Å². The molecule has 0 N–H and O–H groups in total. The Labute approximate surface area is 127 Å². The minimum absolute atomic E-state index is 0.0173. The third-order valence-electron chi connectivity index (χ3n) is 3.19. The standard InChI is InChI=1S/C17H16F3NO/c1-2-13-7-9-14(10-8-13)12-22-21-11-15-5-3-4-6-16(15)17(18,19)20/h3-11H,2,12H2,1H3. The molecule has 5 heteroatoms. The highest BCUT2D eigenvalue weighted by molar-refractivity contribution is 5.81. The molecule has 0 aliphatic rings. The van der Waals surface area contributed by atoms with Gasteiger partial charge in [0.2, 0.25) is 0 Å². The van der Waals surface area contributed by atoms with Crippen molar-refractivity contribution in [2.24, 2.45) is 5.16 Å². The van der Waals surface area contributed by atoms with Gasteiger partial charge in [0.1, 0.15) is 6.61 Å². The van der Waals surface area contributed by atoms with Gasteiger partial charge in [-0.25, -0.2) is 0 Å². The van der Waals surface area contributed by atoms with Gasteiger partial charge in [-0.3, -0.25) is 0 Å². The van der Waals surface area contributed by atoms with Crippen molar-refractivity contribution >= 4 is 6.21 Å². The van der Waals surface area contributed by atoms with E-state index in [1.54, 1.807) is 0 Å². The molecule has 0 heterocycles. The lowest BCUT2D eigenvalue weighted by Gasteiger charge is -2.09. The summed E-state index contributed by atoms with van der Waals surface area (Å²) in [7, 11) is 0. The first kappa shape index (κ1) is 16.1. The normalized spacial score (nSPS) is 11.8. The molecule has 116 valence electrons. The second-order valence-electron chi connectivity index (χ2n) is 4.76. The molecular formula is C17H16F3NO. The molecule has 0 fully saturated rings. The summed E-state index contributed by atoms with van der Waals surface area (Å²) in [4.78, 5) is 5.07. The molecule has 2 nitrogen and oxygen atoms in total. The first-order valence-corrected chi connectivity index (χ1v) is 6.90. The third-order valence-corrected chi connectivity index (χ3v) is 3.19. The van der Waals surface area contributed by atoms with E-state index in [0.29, 0.717) is 0 Å². The zero-order valence-corrected chi connectivity index (χ0v) is 12.1. The van der Waals surface area contributed by atoms with Crippen LogP contribution in [0.15, 0.2) is 53.7 Å². The Kier molecular flexibility index (Phi) is 5.20. The fourth-order valence-corrected chi connectivity index (χ4v) is 1.94. The molecule has 0 aromatic heterocycles. The van der Waals surface area contributed by atoms with Crippen LogP contribution in [-0.4, -0.2) is 6.21 Å². The highest BCUT2D eigenvalue weighted by Gasteiger charge is 2.32. The van der Waals surface area contributed by atoms with Crippen molar-refractivity contribution < 1.29 is 18.0 Å². The van der Waals surface area contributed by atoms with Crippen molar-refractivity contribution in [3.05, 3.63) is 70.8 Å². The second kappa shape index (κ2) is 7.11. The van der Waals surface area contributed by atoms with Crippen LogP contribution in [0, 0.1) is 0 Å². The molecule has 0 bridgehead atoms. The van der Waals surface area contributed by atoms with Crippen molar-refractivity contribution in [3.63, 3.8) is 0 Å². The van der Waals surface area contributed by atoms with Gasteiger partial charge >= 0.3 is 6.18 Å². The zero-order valence-electron chi connectivity index (χ0n) is 12.1. The predicted octanol–water partition coefficient (Wildman–Crippen LogP) is 4.82. The van der Waals surface area contributed by atoms with Crippen LogP contribution in [0.1, 0.15) is 29.2 Å². The Hall–Kier alpha value is -2.30. The number of hydrogen-bond donors (Lipinski definition) is 0. The van der Waals surface area contributed by atoms with Crippen LogP contribution in [0.25, 0.3) is 0 Å². The summed E-state index contributed by atoms with van der Waals surface area (Å²) in [5, 5.41) is 3.63. The maximum Gasteiger partial charge on any atom is 0.417 e. The lowest BCUT2D eigenvalue weighted by Crippen LogP contribution is -2.08. The molecule has 2 rings (SSSR count). The largest absolute Gasteiger partial charge is 0.417 e. The third kappa shape index (κ3) is 4.35. The van der Waals surface area contributed by atoms with Gasteiger partial charge < -0.3 is 4.84 Å². The monoisotopic (exact) mass is 307 g/mol. The Morgan fingerprint density at radius 1 is 1.00 bits per heavy atom. The quantitative estimate of drug-likeness (QED) is 0.573. The van der Waals surface area contributed by atoms with Crippen molar-refractivity contribution in [2.45, 2.75) is 26.1 Å². The average Bonchev–Trinajstić information content (AvgIpc) is 2.51. The van der Waals surface area contributed by atoms with E-state index in [1.807, 2.05) is 24.3 Å². The van der Waals surface area contributed by atoms with E-state index >= 15 is 0 Å². The lowest BCUT2D eigenvalue weighted by molar-refractivity contribution is -0.137. The van der Waals surface area contributed by atoms with Crippen LogP contribution < -0.4 is 0 Å². The minimum atomic E-state index is -4.40. The predicted molar refractivity (Wildman–Crippen MR) is 79.6 cm³/mol. The van der Waals surface area contributed by atoms with Crippen molar-refractivity contribution in [1.82, 2.24) is 0 Å². The van der Waals surface area contributed by atoms with Crippen LogP contribution in [0.2, 0.25) is 0 Å². The zero-order chi connectivity index (χ0) is 16.0. The number of halogens is 3. The van der Waals surface area contributed by atoms with Crippen LogP contribution in [-0.2, 0) is 24.0 Å². The Morgan fingerprint density at radius 3 is 2.27 bits per heavy atom. The van der Waals surface area contributed by atoms with E-state index in [4.69, 9.17) is 4.84 Å². The Bertz CT molecular complexity index is 633. The number of benzene rings is 2. The molecule has 2 aromatic rings. The summed E-state index contributed by atoms with van der Waals surface area (Å²) in [5.74, 6) is 0.